The topological polar surface area (TPSA) is 38.9 Å². The first-order chi connectivity index (χ1) is 8.38. The normalized spacial score (nSPS) is 20.4. The second-order valence-electron chi connectivity index (χ2n) is 5.87. The van der Waals surface area contributed by atoms with Gasteiger partial charge >= 0.3 is 0 Å². The van der Waals surface area contributed by atoms with Gasteiger partial charge in [-0.2, -0.15) is 0 Å². The molecule has 0 aromatic carbocycles. The Labute approximate surface area is 110 Å². The van der Waals surface area contributed by atoms with Crippen molar-refractivity contribution in [2.24, 2.45) is 11.7 Å². The van der Waals surface area contributed by atoms with Crippen molar-refractivity contribution in [3.05, 3.63) is 47.3 Å². The summed E-state index contributed by atoms with van der Waals surface area (Å²) in [6, 6.07) is 2.20. The predicted molar refractivity (Wildman–Crippen MR) is 77.1 cm³/mol. The minimum atomic E-state index is -0.275. The summed E-state index contributed by atoms with van der Waals surface area (Å²) in [4.78, 5) is 4.29. The van der Waals surface area contributed by atoms with Crippen molar-refractivity contribution in [3.63, 3.8) is 0 Å². The fourth-order valence-electron chi connectivity index (χ4n) is 2.33. The summed E-state index contributed by atoms with van der Waals surface area (Å²) in [5.41, 5.74) is 10.9. The molecule has 2 N–H and O–H groups in total. The van der Waals surface area contributed by atoms with E-state index in [1.165, 1.54) is 22.3 Å². The van der Waals surface area contributed by atoms with Gasteiger partial charge in [0.2, 0.25) is 0 Å². The minimum Gasteiger partial charge on any atom is -0.322 e. The van der Waals surface area contributed by atoms with Crippen molar-refractivity contribution in [1.82, 2.24) is 4.98 Å². The fraction of sp³-hybridized carbons (Fsp3) is 0.438. The quantitative estimate of drug-likeness (QED) is 0.862. The van der Waals surface area contributed by atoms with Crippen molar-refractivity contribution in [1.29, 1.82) is 0 Å². The molecule has 0 amide bonds. The van der Waals surface area contributed by atoms with Gasteiger partial charge in [0.25, 0.3) is 0 Å². The molecule has 0 fully saturated rings. The summed E-state index contributed by atoms with van der Waals surface area (Å²) in [5.74, 6) is 0.527. The molecular formula is C16H22N2. The molecule has 2 rings (SSSR count). The first-order valence-corrected chi connectivity index (χ1v) is 6.51. The first kappa shape index (κ1) is 13.0. The Hall–Kier alpha value is -1.41. The van der Waals surface area contributed by atoms with Crippen LogP contribution in [0.5, 0.6) is 0 Å². The van der Waals surface area contributed by atoms with Crippen LogP contribution in [0.4, 0.5) is 0 Å². The summed E-state index contributed by atoms with van der Waals surface area (Å²) in [6.07, 6.45) is 9.39. The Morgan fingerprint density at radius 1 is 1.33 bits per heavy atom. The monoisotopic (exact) mass is 242 g/mol. The molecular weight excluding hydrogens is 220 g/mol. The van der Waals surface area contributed by atoms with Gasteiger partial charge in [0, 0.05) is 17.9 Å². The molecule has 1 aliphatic rings. The maximum absolute atomic E-state index is 6.20. The number of aromatic nitrogens is 1. The second-order valence-corrected chi connectivity index (χ2v) is 5.87. The Balaban J connectivity index is 2.42. The van der Waals surface area contributed by atoms with Crippen LogP contribution in [-0.4, -0.2) is 10.5 Å². The van der Waals surface area contributed by atoms with Crippen LogP contribution in [0.3, 0.4) is 0 Å². The second kappa shape index (κ2) is 4.69. The van der Waals surface area contributed by atoms with Crippen molar-refractivity contribution < 1.29 is 0 Å². The minimum absolute atomic E-state index is 0.275. The highest BCUT2D eigenvalue weighted by atomic mass is 14.7. The number of pyridine rings is 1. The third-order valence-corrected chi connectivity index (χ3v) is 3.49. The molecule has 0 saturated carbocycles. The van der Waals surface area contributed by atoms with Gasteiger partial charge in [0.1, 0.15) is 0 Å². The van der Waals surface area contributed by atoms with E-state index >= 15 is 0 Å². The van der Waals surface area contributed by atoms with Gasteiger partial charge < -0.3 is 5.73 Å². The Morgan fingerprint density at radius 3 is 2.67 bits per heavy atom. The molecule has 1 aromatic heterocycles. The predicted octanol–water partition coefficient (Wildman–Crippen LogP) is 3.48. The molecule has 0 aliphatic heterocycles. The highest BCUT2D eigenvalue weighted by molar-refractivity contribution is 5.71. The summed E-state index contributed by atoms with van der Waals surface area (Å²) in [6.45, 7) is 8.44. The molecule has 1 unspecified atom stereocenters. The fourth-order valence-corrected chi connectivity index (χ4v) is 2.33. The van der Waals surface area contributed by atoms with E-state index in [2.05, 4.69) is 50.9 Å². The number of rotatable bonds is 2. The van der Waals surface area contributed by atoms with Gasteiger partial charge in [0.15, 0.2) is 0 Å². The van der Waals surface area contributed by atoms with E-state index in [0.717, 1.165) is 6.42 Å². The molecule has 2 nitrogen and oxygen atoms in total. The standard InChI is InChI=1S/C16H22N2/c1-11-7-13(10-18-9-11)15-8-14(16(3,4)17)6-5-12(15)2/h6-10,12H,5,17H2,1-4H3. The molecule has 0 radical (unpaired) electrons. The highest BCUT2D eigenvalue weighted by Crippen LogP contribution is 2.34. The zero-order chi connectivity index (χ0) is 13.3. The average Bonchev–Trinajstić information content (AvgIpc) is 2.28. The van der Waals surface area contributed by atoms with Crippen molar-refractivity contribution in [2.75, 3.05) is 0 Å². The molecule has 96 valence electrons. The van der Waals surface area contributed by atoms with E-state index in [1.807, 2.05) is 12.4 Å². The number of nitrogens with two attached hydrogens (primary N) is 1. The molecule has 0 bridgehead atoms. The van der Waals surface area contributed by atoms with Crippen LogP contribution in [0.2, 0.25) is 0 Å². The molecule has 0 spiro atoms. The van der Waals surface area contributed by atoms with Gasteiger partial charge in [-0.05, 0) is 61.4 Å². The van der Waals surface area contributed by atoms with E-state index in [-0.39, 0.29) is 5.54 Å². The van der Waals surface area contributed by atoms with Crippen LogP contribution in [0, 0.1) is 12.8 Å². The van der Waals surface area contributed by atoms with Gasteiger partial charge in [-0.3, -0.25) is 4.98 Å². The average molecular weight is 242 g/mol. The van der Waals surface area contributed by atoms with Crippen molar-refractivity contribution in [2.45, 2.75) is 39.7 Å². The number of aryl methyl sites for hydroxylation is 1. The molecule has 0 saturated heterocycles. The van der Waals surface area contributed by atoms with Crippen LogP contribution in [0.1, 0.15) is 38.3 Å². The molecule has 1 aliphatic carbocycles. The zero-order valence-electron chi connectivity index (χ0n) is 11.7. The van der Waals surface area contributed by atoms with E-state index < -0.39 is 0 Å². The van der Waals surface area contributed by atoms with E-state index in [0.29, 0.717) is 5.92 Å². The number of hydrogen-bond donors (Lipinski definition) is 1. The smallest absolute Gasteiger partial charge is 0.0349 e. The van der Waals surface area contributed by atoms with Crippen LogP contribution < -0.4 is 5.73 Å². The lowest BCUT2D eigenvalue weighted by Gasteiger charge is -2.28. The largest absolute Gasteiger partial charge is 0.322 e. The van der Waals surface area contributed by atoms with Crippen molar-refractivity contribution in [3.8, 4) is 0 Å². The molecule has 1 heterocycles. The Bertz CT molecular complexity index is 504. The maximum Gasteiger partial charge on any atom is 0.0349 e. The SMILES string of the molecule is Cc1cncc(C2=CC(C(C)(C)N)=CCC2C)c1. The number of allylic oxidation sites excluding steroid dienone is 2. The van der Waals surface area contributed by atoms with Gasteiger partial charge in [-0.25, -0.2) is 0 Å². The number of nitrogens with zero attached hydrogens (tertiary/aromatic N) is 1. The Kier molecular flexibility index (Phi) is 3.40. The Morgan fingerprint density at radius 2 is 2.06 bits per heavy atom. The van der Waals surface area contributed by atoms with Gasteiger partial charge in [0.05, 0.1) is 0 Å². The van der Waals surface area contributed by atoms with Gasteiger partial charge in [-0.1, -0.05) is 19.1 Å². The third-order valence-electron chi connectivity index (χ3n) is 3.49. The molecule has 1 atom stereocenters. The lowest BCUT2D eigenvalue weighted by Crippen LogP contribution is -2.34. The van der Waals surface area contributed by atoms with Crippen LogP contribution in [-0.2, 0) is 0 Å². The van der Waals surface area contributed by atoms with Crippen molar-refractivity contribution >= 4 is 5.57 Å². The lowest BCUT2D eigenvalue weighted by atomic mass is 9.81. The molecule has 2 heteroatoms. The van der Waals surface area contributed by atoms with Gasteiger partial charge in [-0.15, -0.1) is 0 Å². The summed E-state index contributed by atoms with van der Waals surface area (Å²) in [5, 5.41) is 0. The lowest BCUT2D eigenvalue weighted by molar-refractivity contribution is 0.610. The first-order valence-electron chi connectivity index (χ1n) is 6.51. The van der Waals surface area contributed by atoms with E-state index in [9.17, 15) is 0 Å². The van der Waals surface area contributed by atoms with E-state index in [4.69, 9.17) is 5.73 Å². The zero-order valence-corrected chi connectivity index (χ0v) is 11.7. The summed E-state index contributed by atoms with van der Waals surface area (Å²) >= 11 is 0. The number of hydrogen-bond acceptors (Lipinski definition) is 2. The summed E-state index contributed by atoms with van der Waals surface area (Å²) in [7, 11) is 0. The van der Waals surface area contributed by atoms with Crippen LogP contribution >= 0.6 is 0 Å². The third kappa shape index (κ3) is 2.70. The maximum atomic E-state index is 6.20. The van der Waals surface area contributed by atoms with E-state index in [1.54, 1.807) is 0 Å². The summed E-state index contributed by atoms with van der Waals surface area (Å²) < 4.78 is 0. The molecule has 1 aromatic rings. The van der Waals surface area contributed by atoms with Crippen LogP contribution in [0.15, 0.2) is 36.2 Å². The molecule has 18 heavy (non-hydrogen) atoms. The highest BCUT2D eigenvalue weighted by Gasteiger charge is 2.22. The van der Waals surface area contributed by atoms with Crippen LogP contribution in [0.25, 0.3) is 5.57 Å².